The summed E-state index contributed by atoms with van der Waals surface area (Å²) in [7, 11) is 1.58. The van der Waals surface area contributed by atoms with Crippen LogP contribution in [-0.2, 0) is 0 Å². The van der Waals surface area contributed by atoms with Crippen molar-refractivity contribution in [1.29, 1.82) is 0 Å². The van der Waals surface area contributed by atoms with Gasteiger partial charge in [0.15, 0.2) is 23.3 Å². The Morgan fingerprint density at radius 2 is 2.11 bits per heavy atom. The lowest BCUT2D eigenvalue weighted by molar-refractivity contribution is 0.422. The van der Waals surface area contributed by atoms with Crippen LogP contribution in [0, 0.1) is 23.5 Å². The molecule has 1 aromatic heterocycles. The molecule has 0 amide bonds. The topological polar surface area (TPSA) is 28.2 Å². The summed E-state index contributed by atoms with van der Waals surface area (Å²) < 4.78 is 27.1. The Kier molecular flexibility index (Phi) is 3.68. The fraction of sp³-hybridized carbons (Fsp3) is 0.615. The molecule has 1 saturated heterocycles. The molecular formula is C13H19F2N3. The molecule has 1 fully saturated rings. The molecule has 0 bridgehead atoms. The molecular weight excluding hydrogens is 236 g/mol. The van der Waals surface area contributed by atoms with Gasteiger partial charge in [-0.3, -0.25) is 0 Å². The van der Waals surface area contributed by atoms with Gasteiger partial charge in [0.2, 0.25) is 0 Å². The van der Waals surface area contributed by atoms with Crippen LogP contribution in [0.25, 0.3) is 0 Å². The van der Waals surface area contributed by atoms with Gasteiger partial charge in [-0.15, -0.1) is 0 Å². The standard InChI is InChI=1S/C13H19F2N3/c1-8(2)9-4-5-18(7-9)13-11(15)6-10(14)12(16-3)17-13/h6,8-9H,4-5,7H2,1-3H3,(H,16,17). The Bertz CT molecular complexity index is 434. The first-order valence-corrected chi connectivity index (χ1v) is 6.31. The van der Waals surface area contributed by atoms with Crippen LogP contribution >= 0.6 is 0 Å². The second-order valence-corrected chi connectivity index (χ2v) is 5.11. The first-order chi connectivity index (χ1) is 8.52. The summed E-state index contributed by atoms with van der Waals surface area (Å²) in [4.78, 5) is 5.93. The van der Waals surface area contributed by atoms with Crippen molar-refractivity contribution in [3.05, 3.63) is 17.7 Å². The highest BCUT2D eigenvalue weighted by molar-refractivity contribution is 5.49. The zero-order valence-corrected chi connectivity index (χ0v) is 11.0. The Morgan fingerprint density at radius 1 is 1.39 bits per heavy atom. The Labute approximate surface area is 106 Å². The van der Waals surface area contributed by atoms with Gasteiger partial charge in [0.05, 0.1) is 0 Å². The van der Waals surface area contributed by atoms with Crippen LogP contribution in [0.1, 0.15) is 20.3 Å². The number of pyridine rings is 1. The molecule has 0 aromatic carbocycles. The minimum Gasteiger partial charge on any atom is -0.371 e. The van der Waals surface area contributed by atoms with Crippen LogP contribution in [0.3, 0.4) is 0 Å². The van der Waals surface area contributed by atoms with Gasteiger partial charge in [0.1, 0.15) is 0 Å². The van der Waals surface area contributed by atoms with Gasteiger partial charge in [-0.25, -0.2) is 13.8 Å². The lowest BCUT2D eigenvalue weighted by Crippen LogP contribution is -2.24. The minimum atomic E-state index is -0.654. The molecule has 1 atom stereocenters. The molecule has 2 rings (SSSR count). The maximum atomic E-state index is 13.8. The fourth-order valence-corrected chi connectivity index (χ4v) is 2.38. The van der Waals surface area contributed by atoms with E-state index in [0.717, 1.165) is 25.6 Å². The highest BCUT2D eigenvalue weighted by atomic mass is 19.1. The first kappa shape index (κ1) is 13.1. The summed E-state index contributed by atoms with van der Waals surface area (Å²) in [5, 5.41) is 2.64. The van der Waals surface area contributed by atoms with Crippen molar-refractivity contribution in [1.82, 2.24) is 4.98 Å². The van der Waals surface area contributed by atoms with Crippen LogP contribution in [-0.4, -0.2) is 25.1 Å². The third-order valence-corrected chi connectivity index (χ3v) is 3.61. The monoisotopic (exact) mass is 255 g/mol. The lowest BCUT2D eigenvalue weighted by Gasteiger charge is -2.20. The molecule has 18 heavy (non-hydrogen) atoms. The molecule has 3 nitrogen and oxygen atoms in total. The van der Waals surface area contributed by atoms with E-state index in [1.165, 1.54) is 0 Å². The maximum Gasteiger partial charge on any atom is 0.168 e. The van der Waals surface area contributed by atoms with E-state index in [-0.39, 0.29) is 11.6 Å². The number of hydrogen-bond donors (Lipinski definition) is 1. The molecule has 100 valence electrons. The van der Waals surface area contributed by atoms with E-state index < -0.39 is 11.6 Å². The summed E-state index contributed by atoms with van der Waals surface area (Å²) >= 11 is 0. The average molecular weight is 255 g/mol. The molecule has 1 unspecified atom stereocenters. The SMILES string of the molecule is CNc1nc(N2CCC(C(C)C)C2)c(F)cc1F. The van der Waals surface area contributed by atoms with Gasteiger partial charge in [0, 0.05) is 26.2 Å². The Balaban J connectivity index is 2.24. The molecule has 1 aliphatic heterocycles. The highest BCUT2D eigenvalue weighted by Gasteiger charge is 2.28. The van der Waals surface area contributed by atoms with Gasteiger partial charge in [-0.05, 0) is 18.3 Å². The summed E-state index contributed by atoms with van der Waals surface area (Å²) in [6, 6.07) is 0.900. The molecule has 0 aliphatic carbocycles. The quantitative estimate of drug-likeness (QED) is 0.900. The zero-order chi connectivity index (χ0) is 13.3. The van der Waals surface area contributed by atoms with Crippen LogP contribution in [0.15, 0.2) is 6.07 Å². The number of hydrogen-bond acceptors (Lipinski definition) is 3. The maximum absolute atomic E-state index is 13.8. The van der Waals surface area contributed by atoms with E-state index in [1.807, 2.05) is 4.90 Å². The lowest BCUT2D eigenvalue weighted by atomic mass is 9.95. The zero-order valence-electron chi connectivity index (χ0n) is 11.0. The number of rotatable bonds is 3. The third-order valence-electron chi connectivity index (χ3n) is 3.61. The van der Waals surface area contributed by atoms with Crippen LogP contribution in [0.2, 0.25) is 0 Å². The van der Waals surface area contributed by atoms with E-state index in [0.29, 0.717) is 11.8 Å². The van der Waals surface area contributed by atoms with Crippen molar-refractivity contribution >= 4 is 11.6 Å². The highest BCUT2D eigenvalue weighted by Crippen LogP contribution is 2.30. The summed E-state index contributed by atoms with van der Waals surface area (Å²) in [6.07, 6.45) is 1.03. The largest absolute Gasteiger partial charge is 0.371 e. The van der Waals surface area contributed by atoms with Crippen molar-refractivity contribution in [3.63, 3.8) is 0 Å². The number of nitrogens with zero attached hydrogens (tertiary/aromatic N) is 2. The van der Waals surface area contributed by atoms with Crippen LogP contribution in [0.5, 0.6) is 0 Å². The average Bonchev–Trinajstić information content (AvgIpc) is 2.78. The normalized spacial score (nSPS) is 19.7. The predicted molar refractivity (Wildman–Crippen MR) is 68.9 cm³/mol. The minimum absolute atomic E-state index is 0.0967. The van der Waals surface area contributed by atoms with E-state index in [4.69, 9.17) is 0 Å². The van der Waals surface area contributed by atoms with Crippen molar-refractivity contribution in [2.45, 2.75) is 20.3 Å². The van der Waals surface area contributed by atoms with Crippen molar-refractivity contribution in [3.8, 4) is 0 Å². The molecule has 1 aromatic rings. The Morgan fingerprint density at radius 3 is 2.67 bits per heavy atom. The number of nitrogens with one attached hydrogen (secondary N) is 1. The van der Waals surface area contributed by atoms with Gasteiger partial charge in [0.25, 0.3) is 0 Å². The van der Waals surface area contributed by atoms with E-state index in [9.17, 15) is 8.78 Å². The van der Waals surface area contributed by atoms with Crippen molar-refractivity contribution in [2.75, 3.05) is 30.4 Å². The summed E-state index contributed by atoms with van der Waals surface area (Å²) in [5.74, 6) is 0.231. The number of halogens is 2. The fourth-order valence-electron chi connectivity index (χ4n) is 2.38. The molecule has 2 heterocycles. The predicted octanol–water partition coefficient (Wildman–Crippen LogP) is 2.88. The molecule has 0 saturated carbocycles. The summed E-state index contributed by atoms with van der Waals surface area (Å²) in [6.45, 7) is 5.90. The molecule has 0 spiro atoms. The van der Waals surface area contributed by atoms with Gasteiger partial charge in [-0.1, -0.05) is 13.8 Å². The summed E-state index contributed by atoms with van der Waals surface area (Å²) in [5.41, 5.74) is 0. The molecule has 5 heteroatoms. The van der Waals surface area contributed by atoms with Crippen LogP contribution < -0.4 is 10.2 Å². The molecule has 0 radical (unpaired) electrons. The number of anilines is 2. The smallest absolute Gasteiger partial charge is 0.168 e. The molecule has 1 aliphatic rings. The molecule has 1 N–H and O–H groups in total. The number of aromatic nitrogens is 1. The second kappa shape index (κ2) is 5.08. The first-order valence-electron chi connectivity index (χ1n) is 6.31. The van der Waals surface area contributed by atoms with Crippen LogP contribution in [0.4, 0.5) is 20.4 Å². The van der Waals surface area contributed by atoms with E-state index >= 15 is 0 Å². The van der Waals surface area contributed by atoms with Crippen molar-refractivity contribution < 1.29 is 8.78 Å². The van der Waals surface area contributed by atoms with Crippen molar-refractivity contribution in [2.24, 2.45) is 11.8 Å². The van der Waals surface area contributed by atoms with Gasteiger partial charge < -0.3 is 10.2 Å². The van der Waals surface area contributed by atoms with Gasteiger partial charge >= 0.3 is 0 Å². The third kappa shape index (κ3) is 2.40. The Hall–Kier alpha value is -1.39. The second-order valence-electron chi connectivity index (χ2n) is 5.11. The van der Waals surface area contributed by atoms with E-state index in [1.54, 1.807) is 7.05 Å². The van der Waals surface area contributed by atoms with E-state index in [2.05, 4.69) is 24.1 Å². The van der Waals surface area contributed by atoms with Gasteiger partial charge in [-0.2, -0.15) is 0 Å².